The normalized spacial score (nSPS) is 21.5. The van der Waals surface area contributed by atoms with Gasteiger partial charge in [0.05, 0.1) is 6.20 Å². The molecule has 1 aromatic rings. The van der Waals surface area contributed by atoms with Crippen LogP contribution in [0, 0.1) is 0 Å². The highest BCUT2D eigenvalue weighted by atomic mass is 32.2. The molecule has 1 saturated heterocycles. The molecule has 2 heterocycles. The SMILES string of the molecule is O=C(O)c1cn[nH]c1S(=O)(=O)NC1CCN(C2CC2)CC1. The molecule has 8 nitrogen and oxygen atoms in total. The summed E-state index contributed by atoms with van der Waals surface area (Å²) >= 11 is 0. The molecule has 0 radical (unpaired) electrons. The smallest absolute Gasteiger partial charge is 0.340 e. The summed E-state index contributed by atoms with van der Waals surface area (Å²) in [5.74, 6) is -1.31. The first-order chi connectivity index (χ1) is 9.97. The Morgan fingerprint density at radius 3 is 2.57 bits per heavy atom. The number of aromatic carboxylic acids is 1. The van der Waals surface area contributed by atoms with Crippen molar-refractivity contribution in [3.63, 3.8) is 0 Å². The maximum atomic E-state index is 12.3. The molecular formula is C12H18N4O4S. The Bertz CT molecular complexity index is 629. The minimum absolute atomic E-state index is 0.157. The van der Waals surface area contributed by atoms with Gasteiger partial charge in [-0.15, -0.1) is 0 Å². The number of aromatic nitrogens is 2. The predicted octanol–water partition coefficient (Wildman–Crippen LogP) is 0.0130. The summed E-state index contributed by atoms with van der Waals surface area (Å²) in [7, 11) is -3.88. The lowest BCUT2D eigenvalue weighted by Gasteiger charge is -2.32. The summed E-state index contributed by atoms with van der Waals surface area (Å²) in [6.45, 7) is 1.76. The van der Waals surface area contributed by atoms with Crippen molar-refractivity contribution in [3.8, 4) is 0 Å². The maximum absolute atomic E-state index is 12.3. The zero-order chi connectivity index (χ0) is 15.0. The molecule has 1 aliphatic heterocycles. The van der Waals surface area contributed by atoms with E-state index < -0.39 is 16.0 Å². The van der Waals surface area contributed by atoms with E-state index in [0.29, 0.717) is 6.04 Å². The van der Waals surface area contributed by atoms with Crippen molar-refractivity contribution in [2.45, 2.75) is 42.8 Å². The second-order valence-electron chi connectivity index (χ2n) is 5.58. The first-order valence-corrected chi connectivity index (χ1v) is 8.49. The molecule has 0 amide bonds. The summed E-state index contributed by atoms with van der Waals surface area (Å²) in [5, 5.41) is 14.4. The van der Waals surface area contributed by atoms with Crippen LogP contribution in [0.2, 0.25) is 0 Å². The van der Waals surface area contributed by atoms with Gasteiger partial charge < -0.3 is 10.0 Å². The lowest BCUT2D eigenvalue weighted by molar-refractivity contribution is 0.0692. The van der Waals surface area contributed by atoms with Crippen LogP contribution in [0.1, 0.15) is 36.0 Å². The Kier molecular flexibility index (Phi) is 3.72. The molecule has 2 aliphatic rings. The molecular weight excluding hydrogens is 296 g/mol. The lowest BCUT2D eigenvalue weighted by atomic mass is 10.1. The quantitative estimate of drug-likeness (QED) is 0.705. The van der Waals surface area contributed by atoms with E-state index in [9.17, 15) is 13.2 Å². The molecule has 9 heteroatoms. The predicted molar refractivity (Wildman–Crippen MR) is 73.5 cm³/mol. The van der Waals surface area contributed by atoms with Gasteiger partial charge in [-0.2, -0.15) is 5.10 Å². The van der Waals surface area contributed by atoms with Gasteiger partial charge in [0, 0.05) is 12.1 Å². The number of hydrogen-bond donors (Lipinski definition) is 3. The number of rotatable bonds is 5. The number of likely N-dealkylation sites (tertiary alicyclic amines) is 1. The van der Waals surface area contributed by atoms with Gasteiger partial charge in [-0.25, -0.2) is 17.9 Å². The summed E-state index contributed by atoms with van der Waals surface area (Å²) in [6.07, 6.45) is 4.98. The van der Waals surface area contributed by atoms with Gasteiger partial charge in [-0.1, -0.05) is 0 Å². The molecule has 0 atom stereocenters. The highest BCUT2D eigenvalue weighted by molar-refractivity contribution is 7.89. The monoisotopic (exact) mass is 314 g/mol. The molecule has 0 unspecified atom stereocenters. The van der Waals surface area contributed by atoms with E-state index in [4.69, 9.17) is 5.11 Å². The van der Waals surface area contributed by atoms with Crippen molar-refractivity contribution in [2.24, 2.45) is 0 Å². The number of sulfonamides is 1. The summed E-state index contributed by atoms with van der Waals surface area (Å²) in [5.41, 5.74) is -0.335. The number of piperidine rings is 1. The number of carboxylic acid groups (broad SMARTS) is 1. The van der Waals surface area contributed by atoms with Crippen LogP contribution in [0.5, 0.6) is 0 Å². The third-order valence-electron chi connectivity index (χ3n) is 4.02. The van der Waals surface area contributed by atoms with Crippen LogP contribution in [-0.4, -0.2) is 59.8 Å². The number of nitrogens with zero attached hydrogens (tertiary/aromatic N) is 2. The van der Waals surface area contributed by atoms with Gasteiger partial charge >= 0.3 is 5.97 Å². The van der Waals surface area contributed by atoms with Gasteiger partial charge in [-0.3, -0.25) is 5.10 Å². The van der Waals surface area contributed by atoms with Crippen LogP contribution in [0.3, 0.4) is 0 Å². The first-order valence-electron chi connectivity index (χ1n) is 7.00. The molecule has 3 rings (SSSR count). The first kappa shape index (κ1) is 14.5. The molecule has 1 saturated carbocycles. The number of H-pyrrole nitrogens is 1. The maximum Gasteiger partial charge on any atom is 0.340 e. The Labute approximate surface area is 122 Å². The van der Waals surface area contributed by atoms with Crippen molar-refractivity contribution in [2.75, 3.05) is 13.1 Å². The van der Waals surface area contributed by atoms with Crippen LogP contribution >= 0.6 is 0 Å². The van der Waals surface area contributed by atoms with Crippen molar-refractivity contribution >= 4 is 16.0 Å². The molecule has 3 N–H and O–H groups in total. The fourth-order valence-corrected chi connectivity index (χ4v) is 4.13. The zero-order valence-electron chi connectivity index (χ0n) is 11.4. The summed E-state index contributed by atoms with van der Waals surface area (Å²) < 4.78 is 27.1. The highest BCUT2D eigenvalue weighted by Crippen LogP contribution is 2.29. The topological polar surface area (TPSA) is 115 Å². The minimum atomic E-state index is -3.88. The minimum Gasteiger partial charge on any atom is -0.478 e. The van der Waals surface area contributed by atoms with Gasteiger partial charge in [0.1, 0.15) is 5.56 Å². The van der Waals surface area contributed by atoms with Gasteiger partial charge in [0.2, 0.25) is 0 Å². The standard InChI is InChI=1S/C12H18N4O4S/c17-12(18)10-7-13-14-11(10)21(19,20)15-8-3-5-16(6-4-8)9-1-2-9/h7-9,15H,1-6H2,(H,13,14)(H,17,18). The fraction of sp³-hybridized carbons (Fsp3) is 0.667. The lowest BCUT2D eigenvalue weighted by Crippen LogP contribution is -2.45. The van der Waals surface area contributed by atoms with Crippen molar-refractivity contribution < 1.29 is 18.3 Å². The number of nitrogens with one attached hydrogen (secondary N) is 2. The van der Waals surface area contributed by atoms with Gasteiger partial charge in [0.25, 0.3) is 10.0 Å². The molecule has 2 fully saturated rings. The Balaban J connectivity index is 1.66. The van der Waals surface area contributed by atoms with Crippen LogP contribution in [-0.2, 0) is 10.0 Å². The average Bonchev–Trinajstić information content (AvgIpc) is 3.14. The van der Waals surface area contributed by atoms with Gasteiger partial charge in [-0.05, 0) is 38.8 Å². The molecule has 0 bridgehead atoms. The van der Waals surface area contributed by atoms with E-state index in [0.717, 1.165) is 32.1 Å². The fourth-order valence-electron chi connectivity index (χ4n) is 2.73. The number of aromatic amines is 1. The van der Waals surface area contributed by atoms with Gasteiger partial charge in [0.15, 0.2) is 5.03 Å². The van der Waals surface area contributed by atoms with E-state index in [1.807, 2.05) is 0 Å². The molecule has 116 valence electrons. The number of carboxylic acids is 1. The summed E-state index contributed by atoms with van der Waals surface area (Å²) in [4.78, 5) is 13.4. The van der Waals surface area contributed by atoms with E-state index >= 15 is 0 Å². The molecule has 21 heavy (non-hydrogen) atoms. The van der Waals surface area contributed by atoms with Crippen LogP contribution in [0.15, 0.2) is 11.2 Å². The second kappa shape index (κ2) is 5.39. The number of carbonyl (C=O) groups is 1. The molecule has 1 aliphatic carbocycles. The van der Waals surface area contributed by atoms with Crippen molar-refractivity contribution in [3.05, 3.63) is 11.8 Å². The van der Waals surface area contributed by atoms with E-state index in [-0.39, 0.29) is 16.6 Å². The van der Waals surface area contributed by atoms with E-state index in [2.05, 4.69) is 19.8 Å². The molecule has 1 aromatic heterocycles. The number of hydrogen-bond acceptors (Lipinski definition) is 5. The van der Waals surface area contributed by atoms with Crippen molar-refractivity contribution in [1.29, 1.82) is 0 Å². The van der Waals surface area contributed by atoms with Crippen LogP contribution in [0.4, 0.5) is 0 Å². The Morgan fingerprint density at radius 2 is 2.00 bits per heavy atom. The largest absolute Gasteiger partial charge is 0.478 e. The third-order valence-corrected chi connectivity index (χ3v) is 5.51. The molecule has 0 aromatic carbocycles. The Hall–Kier alpha value is -1.45. The highest BCUT2D eigenvalue weighted by Gasteiger charge is 2.34. The average molecular weight is 314 g/mol. The second-order valence-corrected chi connectivity index (χ2v) is 7.23. The summed E-state index contributed by atoms with van der Waals surface area (Å²) in [6, 6.07) is 0.531. The zero-order valence-corrected chi connectivity index (χ0v) is 12.3. The Morgan fingerprint density at radius 1 is 1.33 bits per heavy atom. The van der Waals surface area contributed by atoms with Crippen LogP contribution < -0.4 is 4.72 Å². The van der Waals surface area contributed by atoms with E-state index in [1.54, 1.807) is 0 Å². The molecule has 0 spiro atoms. The van der Waals surface area contributed by atoms with Crippen LogP contribution in [0.25, 0.3) is 0 Å². The van der Waals surface area contributed by atoms with Crippen molar-refractivity contribution in [1.82, 2.24) is 19.8 Å². The van der Waals surface area contributed by atoms with E-state index in [1.165, 1.54) is 12.8 Å². The third kappa shape index (κ3) is 3.09.